The Hall–Kier alpha value is -1.94. The monoisotopic (exact) mass is 312 g/mol. The molecule has 0 aromatic heterocycles. The quantitative estimate of drug-likeness (QED) is 0.208. The minimum absolute atomic E-state index is 0.0950. The fourth-order valence-corrected chi connectivity index (χ4v) is 1.85. The summed E-state index contributed by atoms with van der Waals surface area (Å²) in [5.41, 5.74) is 7.53. The molecule has 0 aliphatic rings. The van der Waals surface area contributed by atoms with Crippen molar-refractivity contribution in [2.45, 2.75) is 13.2 Å². The van der Waals surface area contributed by atoms with Gasteiger partial charge in [0.25, 0.3) is 0 Å². The van der Waals surface area contributed by atoms with Crippen LogP contribution in [-0.2, 0) is 16.8 Å². The van der Waals surface area contributed by atoms with Crippen molar-refractivity contribution in [2.75, 3.05) is 0 Å². The van der Waals surface area contributed by atoms with E-state index in [2.05, 4.69) is 14.2 Å². The van der Waals surface area contributed by atoms with Crippen molar-refractivity contribution >= 4 is 23.2 Å². The normalized spacial score (nSPS) is 11.8. The van der Waals surface area contributed by atoms with Gasteiger partial charge in [-0.2, -0.15) is 8.42 Å². The molecule has 0 saturated carbocycles. The maximum absolute atomic E-state index is 12.5. The number of nitrogens with zero attached hydrogens (tertiary/aromatic N) is 3. The highest BCUT2D eigenvalue weighted by Gasteiger charge is 2.25. The first-order valence-corrected chi connectivity index (χ1v) is 6.36. The Morgan fingerprint density at radius 3 is 2.45 bits per heavy atom. The third-order valence-corrected chi connectivity index (χ3v) is 2.58. The lowest BCUT2D eigenvalue weighted by Gasteiger charge is -2.16. The molecule has 12 heteroatoms. The van der Waals surface area contributed by atoms with E-state index in [1.807, 2.05) is 0 Å². The Morgan fingerprint density at radius 2 is 2.00 bits per heavy atom. The van der Waals surface area contributed by atoms with E-state index in [0.717, 1.165) is 12.1 Å². The predicted molar refractivity (Wildman–Crippen MR) is 63.4 cm³/mol. The van der Waals surface area contributed by atoms with Gasteiger partial charge in [-0.1, -0.05) is 27.0 Å². The lowest BCUT2D eigenvalue weighted by Crippen LogP contribution is -2.19. The van der Waals surface area contributed by atoms with Crippen molar-refractivity contribution in [1.29, 1.82) is 0 Å². The Morgan fingerprint density at radius 1 is 1.40 bits per heavy atom. The molecule has 6 nitrogen and oxygen atoms in total. The molecule has 110 valence electrons. The molecule has 20 heavy (non-hydrogen) atoms. The van der Waals surface area contributed by atoms with Gasteiger partial charge in [-0.05, 0) is 18.5 Å². The van der Waals surface area contributed by atoms with Crippen LogP contribution in [0.4, 0.5) is 22.5 Å². The smallest absolute Gasteiger partial charge is 0.449 e. The molecule has 0 fully saturated rings. The molecule has 0 unspecified atom stereocenters. The van der Waals surface area contributed by atoms with E-state index in [4.69, 9.17) is 5.53 Å². The molecule has 0 saturated heterocycles. The Bertz CT molecular complexity index is 670. The van der Waals surface area contributed by atoms with E-state index >= 15 is 0 Å². The molecule has 1 aromatic carbocycles. The molecule has 0 bridgehead atoms. The van der Waals surface area contributed by atoms with Crippen molar-refractivity contribution in [3.63, 3.8) is 0 Å². The minimum atomic E-state index is -5.40. The lowest BCUT2D eigenvalue weighted by atomic mass is 9.81. The molecule has 0 heterocycles. The maximum atomic E-state index is 12.5. The van der Waals surface area contributed by atoms with Gasteiger partial charge < -0.3 is 17.1 Å². The molecule has 0 aliphatic carbocycles. The van der Waals surface area contributed by atoms with E-state index in [9.17, 15) is 25.3 Å². The first-order chi connectivity index (χ1) is 9.02. The maximum Gasteiger partial charge on any atom is 0.488 e. The zero-order valence-corrected chi connectivity index (χ0v) is 10.7. The zero-order valence-electron chi connectivity index (χ0n) is 9.93. The van der Waals surface area contributed by atoms with Gasteiger partial charge in [0.2, 0.25) is 0 Å². The second-order valence-electron chi connectivity index (χ2n) is 3.82. The number of halogens is 4. The zero-order chi connectivity index (χ0) is 15.6. The molecule has 1 aromatic rings. The van der Waals surface area contributed by atoms with E-state index in [-0.39, 0.29) is 11.3 Å². The number of benzene rings is 1. The van der Waals surface area contributed by atoms with E-state index < -0.39 is 35.1 Å². The van der Waals surface area contributed by atoms with Crippen LogP contribution in [0.3, 0.4) is 0 Å². The van der Waals surface area contributed by atoms with Crippen LogP contribution in [0.15, 0.2) is 17.2 Å². The Balaban J connectivity index is 3.38. The van der Waals surface area contributed by atoms with E-state index in [1.165, 1.54) is 6.92 Å². The summed E-state index contributed by atoms with van der Waals surface area (Å²) in [6.45, 7) is -3.99. The van der Waals surface area contributed by atoms with Crippen LogP contribution in [0.1, 0.15) is 11.1 Å². The molecule has 0 amide bonds. The fraction of sp³-hybridized carbons (Fsp3) is 0.250. The van der Waals surface area contributed by atoms with Gasteiger partial charge in [-0.15, -0.1) is 0 Å². The summed E-state index contributed by atoms with van der Waals surface area (Å²) in [5, 5.41) is 3.11. The highest BCUT2D eigenvalue weighted by Crippen LogP contribution is 2.33. The van der Waals surface area contributed by atoms with Crippen molar-refractivity contribution in [3.05, 3.63) is 33.7 Å². The molecule has 0 radical (unpaired) electrons. The summed E-state index contributed by atoms with van der Waals surface area (Å²) >= 11 is 0. The number of rotatable bonds is 5. The van der Waals surface area contributed by atoms with Gasteiger partial charge in [0.05, 0.1) is 0 Å². The van der Waals surface area contributed by atoms with Gasteiger partial charge in [-0.3, -0.25) is 0 Å². The summed E-state index contributed by atoms with van der Waals surface area (Å²) in [7, 11) is -5.40. The molecule has 0 aliphatic heterocycles. The summed E-state index contributed by atoms with van der Waals surface area (Å²) in [6.07, 6.45) is -1.35. The highest BCUT2D eigenvalue weighted by atomic mass is 32.3. The van der Waals surface area contributed by atoms with Crippen molar-refractivity contribution in [2.24, 2.45) is 5.11 Å². The first kappa shape index (κ1) is 16.1. The molecule has 0 spiro atoms. The molecule has 0 atom stereocenters. The van der Waals surface area contributed by atoms with E-state index in [0.29, 0.717) is 0 Å². The third kappa shape index (κ3) is 4.98. The number of hydrogen-bond donors (Lipinski definition) is 0. The highest BCUT2D eigenvalue weighted by molar-refractivity contribution is 7.81. The molecule has 1 rings (SSSR count). The van der Waals surface area contributed by atoms with Crippen molar-refractivity contribution in [1.82, 2.24) is 0 Å². The average molecular weight is 312 g/mol. The minimum Gasteiger partial charge on any atom is -0.449 e. The van der Waals surface area contributed by atoms with Crippen LogP contribution >= 0.6 is 0 Å². The third-order valence-electron chi connectivity index (χ3n) is 2.20. The van der Waals surface area contributed by atoms with E-state index in [1.54, 1.807) is 0 Å². The Kier molecular flexibility index (Phi) is 4.51. The summed E-state index contributed by atoms with van der Waals surface area (Å²) in [4.78, 5) is 2.39. The van der Waals surface area contributed by atoms with Crippen LogP contribution in [0.2, 0.25) is 0 Å². The number of hydrogen-bond acceptors (Lipinski definition) is 4. The lowest BCUT2D eigenvalue weighted by molar-refractivity contribution is 0.438. The molecular weight excluding hydrogens is 305 g/mol. The average Bonchev–Trinajstić information content (AvgIpc) is 2.20. The number of azide groups is 1. The Labute approximate surface area is 111 Å². The second kappa shape index (κ2) is 5.59. The second-order valence-corrected chi connectivity index (χ2v) is 4.77. The van der Waals surface area contributed by atoms with Crippen LogP contribution in [0.25, 0.3) is 10.4 Å². The first-order valence-electron chi connectivity index (χ1n) is 5.05. The molecular formula is C8H7BF4N3O3S-. The SMILES string of the molecule is Cc1c(N=[N+]=[N-])cc(C[B-](F)(F)F)cc1OS(=O)(=O)F. The fourth-order valence-electron chi connectivity index (χ4n) is 1.46. The van der Waals surface area contributed by atoms with Crippen molar-refractivity contribution in [3.8, 4) is 5.75 Å². The van der Waals surface area contributed by atoms with Crippen LogP contribution < -0.4 is 4.18 Å². The van der Waals surface area contributed by atoms with Gasteiger partial charge in [0, 0.05) is 16.2 Å². The van der Waals surface area contributed by atoms with Gasteiger partial charge in [0.15, 0.2) is 0 Å². The van der Waals surface area contributed by atoms with Gasteiger partial charge >= 0.3 is 17.5 Å². The predicted octanol–water partition coefficient (Wildman–Crippen LogP) is 3.46. The topological polar surface area (TPSA) is 92.1 Å². The standard InChI is InChI=1S/C8H7BF4N3O3S/c1-5-7(15-16-14)2-6(4-9(10,11)12)3-8(5)19-20(13,17)18/h2-3H,4H2,1H3/q-1. The largest absolute Gasteiger partial charge is 0.488 e. The van der Waals surface area contributed by atoms with Gasteiger partial charge in [0.1, 0.15) is 5.75 Å². The summed E-state index contributed by atoms with van der Waals surface area (Å²) in [5.74, 6) is -0.660. The van der Waals surface area contributed by atoms with Crippen molar-refractivity contribution < 1.29 is 29.4 Å². The van der Waals surface area contributed by atoms with Crippen LogP contribution in [-0.4, -0.2) is 15.4 Å². The summed E-state index contributed by atoms with van der Waals surface area (Å²) in [6, 6.07) is 1.67. The van der Waals surface area contributed by atoms with Crippen LogP contribution in [0, 0.1) is 6.92 Å². The molecule has 0 N–H and O–H groups in total. The van der Waals surface area contributed by atoms with Gasteiger partial charge in [-0.25, -0.2) is 0 Å². The van der Waals surface area contributed by atoms with Crippen LogP contribution in [0.5, 0.6) is 5.75 Å². The summed E-state index contributed by atoms with van der Waals surface area (Å²) < 4.78 is 74.3.